The van der Waals surface area contributed by atoms with Gasteiger partial charge in [-0.1, -0.05) is 48.9 Å². The number of ketones is 2. The van der Waals surface area contributed by atoms with Crippen LogP contribution in [0.2, 0.25) is 0 Å². The largest absolute Gasteiger partial charge is 0.463 e. The van der Waals surface area contributed by atoms with E-state index in [1.807, 2.05) is 49.4 Å². The Morgan fingerprint density at radius 1 is 1.03 bits per heavy atom. The van der Waals surface area contributed by atoms with Crippen LogP contribution in [0.4, 0.5) is 0 Å². The van der Waals surface area contributed by atoms with Gasteiger partial charge in [0.15, 0.2) is 5.78 Å². The lowest BCUT2D eigenvalue weighted by Gasteiger charge is -2.29. The molecule has 5 nitrogen and oxygen atoms in total. The van der Waals surface area contributed by atoms with E-state index >= 15 is 0 Å². The smallest absolute Gasteiger partial charge is 0.334 e. The SMILES string of the molecule is CCOC(=O)C1=CC=C(C(OCC(=O)C2CCCC(CC(C)=O)C2)c2ccccc2)C2CC12. The fraction of sp³-hybridized carbons (Fsp3) is 0.536. The monoisotopic (exact) mass is 450 g/mol. The van der Waals surface area contributed by atoms with Gasteiger partial charge in [0.25, 0.3) is 0 Å². The third-order valence-corrected chi connectivity index (χ3v) is 7.20. The van der Waals surface area contributed by atoms with Crippen LogP contribution in [0.25, 0.3) is 0 Å². The molecule has 33 heavy (non-hydrogen) atoms. The minimum absolute atomic E-state index is 0.0242. The van der Waals surface area contributed by atoms with Gasteiger partial charge in [-0.15, -0.1) is 0 Å². The number of benzene rings is 1. The Morgan fingerprint density at radius 3 is 2.55 bits per heavy atom. The van der Waals surface area contributed by atoms with E-state index in [4.69, 9.17) is 9.47 Å². The van der Waals surface area contributed by atoms with Crippen LogP contribution in [-0.4, -0.2) is 30.7 Å². The first-order chi connectivity index (χ1) is 16.0. The summed E-state index contributed by atoms with van der Waals surface area (Å²) in [6.45, 7) is 3.89. The highest BCUT2D eigenvalue weighted by Crippen LogP contribution is 2.55. The maximum atomic E-state index is 13.1. The van der Waals surface area contributed by atoms with Crippen molar-refractivity contribution >= 4 is 17.5 Å². The number of allylic oxidation sites excluding steroid dienone is 2. The van der Waals surface area contributed by atoms with E-state index in [9.17, 15) is 14.4 Å². The van der Waals surface area contributed by atoms with Crippen LogP contribution in [0.5, 0.6) is 0 Å². The van der Waals surface area contributed by atoms with Crippen molar-refractivity contribution in [2.24, 2.45) is 23.7 Å². The molecule has 1 aromatic rings. The van der Waals surface area contributed by atoms with Crippen molar-refractivity contribution in [3.8, 4) is 0 Å². The molecule has 0 spiro atoms. The summed E-state index contributed by atoms with van der Waals surface area (Å²) < 4.78 is 11.5. The average Bonchev–Trinajstić information content (AvgIpc) is 3.61. The molecule has 0 saturated heterocycles. The molecule has 4 rings (SSSR count). The molecule has 0 bridgehead atoms. The van der Waals surface area contributed by atoms with Gasteiger partial charge < -0.3 is 14.3 Å². The summed E-state index contributed by atoms with van der Waals surface area (Å²) in [5, 5.41) is 0. The van der Waals surface area contributed by atoms with Crippen molar-refractivity contribution in [2.45, 2.75) is 58.5 Å². The maximum Gasteiger partial charge on any atom is 0.334 e. The lowest BCUT2D eigenvalue weighted by Crippen LogP contribution is -2.28. The minimum Gasteiger partial charge on any atom is -0.463 e. The van der Waals surface area contributed by atoms with Crippen LogP contribution in [-0.2, 0) is 23.9 Å². The molecule has 5 atom stereocenters. The van der Waals surface area contributed by atoms with Gasteiger partial charge in [-0.25, -0.2) is 4.79 Å². The second-order valence-corrected chi connectivity index (χ2v) is 9.66. The summed E-state index contributed by atoms with van der Waals surface area (Å²) in [6.07, 6.45) is 8.73. The molecule has 2 saturated carbocycles. The van der Waals surface area contributed by atoms with Gasteiger partial charge >= 0.3 is 5.97 Å². The first-order valence-corrected chi connectivity index (χ1v) is 12.2. The van der Waals surface area contributed by atoms with E-state index in [-0.39, 0.29) is 48.0 Å². The van der Waals surface area contributed by atoms with Crippen molar-refractivity contribution in [3.05, 3.63) is 59.2 Å². The molecule has 0 aliphatic heterocycles. The topological polar surface area (TPSA) is 69.7 Å². The molecule has 0 amide bonds. The molecular weight excluding hydrogens is 416 g/mol. The van der Waals surface area contributed by atoms with Crippen molar-refractivity contribution in [1.29, 1.82) is 0 Å². The van der Waals surface area contributed by atoms with Gasteiger partial charge in [-0.2, -0.15) is 0 Å². The van der Waals surface area contributed by atoms with Gasteiger partial charge in [0.2, 0.25) is 0 Å². The number of hydrogen-bond acceptors (Lipinski definition) is 5. The summed E-state index contributed by atoms with van der Waals surface area (Å²) in [4.78, 5) is 36.8. The van der Waals surface area contributed by atoms with Crippen molar-refractivity contribution < 1.29 is 23.9 Å². The molecular formula is C28H34O5. The number of hydrogen-bond donors (Lipinski definition) is 0. The molecule has 3 aliphatic carbocycles. The molecule has 0 aromatic heterocycles. The molecule has 0 N–H and O–H groups in total. The van der Waals surface area contributed by atoms with Gasteiger partial charge in [0.05, 0.1) is 6.61 Å². The first kappa shape index (κ1) is 23.6. The highest BCUT2D eigenvalue weighted by atomic mass is 16.5. The molecule has 3 aliphatic rings. The second kappa shape index (κ2) is 10.6. The zero-order valence-corrected chi connectivity index (χ0v) is 19.6. The van der Waals surface area contributed by atoms with Crippen LogP contribution in [0.3, 0.4) is 0 Å². The normalized spacial score (nSPS) is 27.0. The number of carbonyl (C=O) groups is 3. The molecule has 5 unspecified atom stereocenters. The Balaban J connectivity index is 1.46. The third kappa shape index (κ3) is 5.70. The number of rotatable bonds is 10. The Kier molecular flexibility index (Phi) is 7.59. The van der Waals surface area contributed by atoms with E-state index in [1.165, 1.54) is 0 Å². The van der Waals surface area contributed by atoms with Crippen molar-refractivity contribution in [3.63, 3.8) is 0 Å². The zero-order chi connectivity index (χ0) is 23.4. The predicted octanol–water partition coefficient (Wildman–Crippen LogP) is 5.16. The van der Waals surface area contributed by atoms with E-state index in [2.05, 4.69) is 0 Å². The van der Waals surface area contributed by atoms with Gasteiger partial charge in [-0.3, -0.25) is 4.79 Å². The van der Waals surface area contributed by atoms with E-state index in [0.29, 0.717) is 18.9 Å². The highest BCUT2D eigenvalue weighted by Gasteiger charge is 2.48. The van der Waals surface area contributed by atoms with Gasteiger partial charge in [0.1, 0.15) is 18.5 Å². The summed E-state index contributed by atoms with van der Waals surface area (Å²) >= 11 is 0. The Morgan fingerprint density at radius 2 is 1.82 bits per heavy atom. The molecule has 176 valence electrons. The highest BCUT2D eigenvalue weighted by molar-refractivity contribution is 5.91. The van der Waals surface area contributed by atoms with Crippen LogP contribution in [0.1, 0.15) is 64.0 Å². The number of carbonyl (C=O) groups excluding carboxylic acids is 3. The summed E-state index contributed by atoms with van der Waals surface area (Å²) in [7, 11) is 0. The fourth-order valence-electron chi connectivity index (χ4n) is 5.53. The number of esters is 1. The number of Topliss-reactive ketones (excluding diaryl/α,β-unsaturated/α-hetero) is 2. The fourth-order valence-corrected chi connectivity index (χ4v) is 5.53. The predicted molar refractivity (Wildman–Crippen MR) is 125 cm³/mol. The van der Waals surface area contributed by atoms with Gasteiger partial charge in [0, 0.05) is 17.9 Å². The minimum atomic E-state index is -0.304. The Hall–Kier alpha value is -2.53. The summed E-state index contributed by atoms with van der Waals surface area (Å²) in [5.74, 6) is 0.830. The Labute approximate surface area is 196 Å². The van der Waals surface area contributed by atoms with Crippen molar-refractivity contribution in [2.75, 3.05) is 13.2 Å². The lowest BCUT2D eigenvalue weighted by atomic mass is 9.77. The second-order valence-electron chi connectivity index (χ2n) is 9.66. The molecule has 0 heterocycles. The average molecular weight is 451 g/mol. The molecule has 1 aromatic carbocycles. The zero-order valence-electron chi connectivity index (χ0n) is 19.6. The molecule has 0 radical (unpaired) electrons. The summed E-state index contributed by atoms with van der Waals surface area (Å²) in [6, 6.07) is 9.99. The van der Waals surface area contributed by atoms with Crippen LogP contribution in [0.15, 0.2) is 53.6 Å². The standard InChI is InChI=1S/C28H34O5/c1-3-32-28(31)23-13-12-22(24-16-25(23)24)27(20-9-5-4-6-10-20)33-17-26(30)21-11-7-8-19(15-21)14-18(2)29/h4-6,9-10,12-13,19,21,24-25,27H,3,7-8,11,14-17H2,1-2H3. The van der Waals surface area contributed by atoms with Crippen LogP contribution < -0.4 is 0 Å². The van der Waals surface area contributed by atoms with Crippen LogP contribution in [0, 0.1) is 23.7 Å². The van der Waals surface area contributed by atoms with Gasteiger partial charge in [-0.05, 0) is 68.4 Å². The Bertz CT molecular complexity index is 944. The molecule has 2 fully saturated rings. The van der Waals surface area contributed by atoms with E-state index in [0.717, 1.165) is 48.8 Å². The number of ether oxygens (including phenoxy) is 2. The summed E-state index contributed by atoms with van der Waals surface area (Å²) in [5.41, 5.74) is 2.89. The first-order valence-electron chi connectivity index (χ1n) is 12.2. The quantitative estimate of drug-likeness (QED) is 0.460. The lowest BCUT2D eigenvalue weighted by molar-refractivity contribution is -0.138. The van der Waals surface area contributed by atoms with E-state index in [1.54, 1.807) is 6.92 Å². The molecule has 5 heteroatoms. The van der Waals surface area contributed by atoms with Crippen LogP contribution >= 0.6 is 0 Å². The number of fused-ring (bicyclic) bond motifs is 1. The third-order valence-electron chi connectivity index (χ3n) is 7.20. The van der Waals surface area contributed by atoms with Crippen molar-refractivity contribution in [1.82, 2.24) is 0 Å². The van der Waals surface area contributed by atoms with E-state index < -0.39 is 0 Å². The maximum absolute atomic E-state index is 13.1.